The number of unbranched alkanes of at least 4 members (excludes halogenated alkanes) is 1. The third-order valence-corrected chi connectivity index (χ3v) is 2.39. The first-order valence-electron chi connectivity index (χ1n) is 6.09. The minimum Gasteiger partial charge on any atom is -0.444 e. The summed E-state index contributed by atoms with van der Waals surface area (Å²) in [6.07, 6.45) is 1.39. The molecule has 1 amide bonds. The maximum atomic E-state index is 11.8. The van der Waals surface area contributed by atoms with Crippen LogP contribution in [0.2, 0.25) is 0 Å². The SMILES string of the molecule is CN(C(=O)OC(C)(C)C)C(CCCCO)C(=N)N. The van der Waals surface area contributed by atoms with E-state index in [1.54, 1.807) is 27.8 Å². The van der Waals surface area contributed by atoms with E-state index in [2.05, 4.69) is 0 Å². The first-order valence-corrected chi connectivity index (χ1v) is 6.09. The summed E-state index contributed by atoms with van der Waals surface area (Å²) in [6, 6.07) is -0.480. The number of carbonyl (C=O) groups is 1. The number of nitrogens with one attached hydrogen (secondary N) is 1. The van der Waals surface area contributed by atoms with E-state index in [0.29, 0.717) is 19.3 Å². The molecule has 0 saturated heterocycles. The van der Waals surface area contributed by atoms with Crippen LogP contribution in [0.25, 0.3) is 0 Å². The Hall–Kier alpha value is -1.30. The number of carbonyl (C=O) groups excluding carboxylic acids is 1. The van der Waals surface area contributed by atoms with Gasteiger partial charge in [0.05, 0.1) is 6.04 Å². The van der Waals surface area contributed by atoms with Gasteiger partial charge in [0, 0.05) is 13.7 Å². The maximum absolute atomic E-state index is 11.8. The van der Waals surface area contributed by atoms with Crippen LogP contribution in [0.1, 0.15) is 40.0 Å². The van der Waals surface area contributed by atoms with Gasteiger partial charge >= 0.3 is 6.09 Å². The minimum absolute atomic E-state index is 0.0682. The Morgan fingerprint density at radius 2 is 2.00 bits per heavy atom. The number of amidine groups is 1. The van der Waals surface area contributed by atoms with E-state index in [-0.39, 0.29) is 12.4 Å². The highest BCUT2D eigenvalue weighted by Crippen LogP contribution is 2.13. The molecule has 0 aromatic heterocycles. The van der Waals surface area contributed by atoms with Gasteiger partial charge in [-0.25, -0.2) is 4.79 Å². The summed E-state index contributed by atoms with van der Waals surface area (Å²) in [4.78, 5) is 13.2. The minimum atomic E-state index is -0.572. The summed E-state index contributed by atoms with van der Waals surface area (Å²) in [5.74, 6) is -0.0682. The van der Waals surface area contributed by atoms with Gasteiger partial charge in [0.15, 0.2) is 0 Å². The van der Waals surface area contributed by atoms with Crippen molar-refractivity contribution in [2.45, 2.75) is 51.7 Å². The van der Waals surface area contributed by atoms with Crippen molar-refractivity contribution in [3.05, 3.63) is 0 Å². The van der Waals surface area contributed by atoms with Crippen molar-refractivity contribution < 1.29 is 14.6 Å². The lowest BCUT2D eigenvalue weighted by molar-refractivity contribution is 0.0259. The Balaban J connectivity index is 4.51. The maximum Gasteiger partial charge on any atom is 0.410 e. The van der Waals surface area contributed by atoms with Gasteiger partial charge in [0.25, 0.3) is 0 Å². The normalized spacial score (nSPS) is 12.9. The van der Waals surface area contributed by atoms with Crippen molar-refractivity contribution in [2.24, 2.45) is 5.73 Å². The predicted octanol–water partition coefficient (Wildman–Crippen LogP) is 1.32. The van der Waals surface area contributed by atoms with Crippen molar-refractivity contribution in [2.75, 3.05) is 13.7 Å². The van der Waals surface area contributed by atoms with E-state index in [9.17, 15) is 4.79 Å². The van der Waals surface area contributed by atoms with Gasteiger partial charge in [-0.3, -0.25) is 5.41 Å². The number of hydrogen-bond donors (Lipinski definition) is 3. The molecule has 0 radical (unpaired) electrons. The number of aliphatic hydroxyl groups is 1. The summed E-state index contributed by atoms with van der Waals surface area (Å²) in [5, 5.41) is 16.2. The molecule has 0 aromatic rings. The van der Waals surface area contributed by atoms with Gasteiger partial charge in [-0.05, 0) is 40.0 Å². The van der Waals surface area contributed by atoms with Crippen LogP contribution in [0, 0.1) is 5.41 Å². The molecule has 4 N–H and O–H groups in total. The van der Waals surface area contributed by atoms with Crippen LogP contribution in [0.15, 0.2) is 0 Å². The largest absolute Gasteiger partial charge is 0.444 e. The van der Waals surface area contributed by atoms with E-state index in [1.165, 1.54) is 4.90 Å². The molecule has 0 fully saturated rings. The van der Waals surface area contributed by atoms with Crippen molar-refractivity contribution in [3.63, 3.8) is 0 Å². The number of aliphatic hydroxyl groups excluding tert-OH is 1. The molecule has 18 heavy (non-hydrogen) atoms. The zero-order valence-electron chi connectivity index (χ0n) is 11.7. The second kappa shape index (κ2) is 7.20. The molecule has 1 atom stereocenters. The first kappa shape index (κ1) is 16.7. The van der Waals surface area contributed by atoms with Crippen LogP contribution in [0.3, 0.4) is 0 Å². The highest BCUT2D eigenvalue weighted by Gasteiger charge is 2.26. The van der Waals surface area contributed by atoms with E-state index < -0.39 is 17.7 Å². The zero-order valence-corrected chi connectivity index (χ0v) is 11.7. The second-order valence-corrected chi connectivity index (χ2v) is 5.28. The van der Waals surface area contributed by atoms with Crippen LogP contribution in [0.5, 0.6) is 0 Å². The number of ether oxygens (including phenoxy) is 1. The molecule has 0 aromatic carbocycles. The Labute approximate surface area is 109 Å². The fourth-order valence-corrected chi connectivity index (χ4v) is 1.47. The molecule has 6 nitrogen and oxygen atoms in total. The Kier molecular flexibility index (Phi) is 6.68. The third-order valence-electron chi connectivity index (χ3n) is 2.39. The van der Waals surface area contributed by atoms with Crippen LogP contribution >= 0.6 is 0 Å². The molecule has 6 heteroatoms. The lowest BCUT2D eigenvalue weighted by atomic mass is 10.1. The average Bonchev–Trinajstić information content (AvgIpc) is 2.20. The second-order valence-electron chi connectivity index (χ2n) is 5.28. The molecule has 0 spiro atoms. The van der Waals surface area contributed by atoms with E-state index in [4.69, 9.17) is 21.0 Å². The lowest BCUT2D eigenvalue weighted by Crippen LogP contribution is -2.47. The van der Waals surface area contributed by atoms with Gasteiger partial charge in [-0.15, -0.1) is 0 Å². The third kappa shape index (κ3) is 6.44. The van der Waals surface area contributed by atoms with Gasteiger partial charge in [0.2, 0.25) is 0 Å². The molecule has 0 heterocycles. The molecule has 0 saturated carbocycles. The quantitative estimate of drug-likeness (QED) is 0.380. The average molecular weight is 259 g/mol. The number of likely N-dealkylation sites (N-methyl/N-ethyl adjacent to an activating group) is 1. The van der Waals surface area contributed by atoms with Gasteiger partial charge in [0.1, 0.15) is 11.4 Å². The topological polar surface area (TPSA) is 99.6 Å². The molecule has 0 aliphatic carbocycles. The number of nitrogens with zero attached hydrogens (tertiary/aromatic N) is 1. The molecule has 0 rings (SSSR count). The molecule has 106 valence electrons. The van der Waals surface area contributed by atoms with Crippen LogP contribution < -0.4 is 5.73 Å². The molecule has 0 aliphatic heterocycles. The summed E-state index contributed by atoms with van der Waals surface area (Å²) in [6.45, 7) is 5.45. The zero-order chi connectivity index (χ0) is 14.3. The van der Waals surface area contributed by atoms with E-state index in [0.717, 1.165) is 0 Å². The Morgan fingerprint density at radius 1 is 1.44 bits per heavy atom. The summed E-state index contributed by atoms with van der Waals surface area (Å²) in [7, 11) is 1.57. The molecular formula is C12H25N3O3. The highest BCUT2D eigenvalue weighted by molar-refractivity contribution is 5.86. The van der Waals surface area contributed by atoms with E-state index in [1.807, 2.05) is 0 Å². The standard InChI is InChI=1S/C12H25N3O3/c1-12(2,3)18-11(17)15(4)9(10(13)14)7-5-6-8-16/h9,16H,5-8H2,1-4H3,(H3,13,14). The summed E-state index contributed by atoms with van der Waals surface area (Å²) < 4.78 is 5.22. The number of rotatable bonds is 6. The Bertz CT molecular complexity index is 287. The lowest BCUT2D eigenvalue weighted by Gasteiger charge is -2.30. The highest BCUT2D eigenvalue weighted by atomic mass is 16.6. The molecule has 0 aliphatic rings. The fourth-order valence-electron chi connectivity index (χ4n) is 1.47. The van der Waals surface area contributed by atoms with Crippen LogP contribution in [-0.2, 0) is 4.74 Å². The van der Waals surface area contributed by atoms with Crippen molar-refractivity contribution in [1.82, 2.24) is 4.90 Å². The summed E-state index contributed by atoms with van der Waals surface area (Å²) >= 11 is 0. The Morgan fingerprint density at radius 3 is 2.39 bits per heavy atom. The van der Waals surface area contributed by atoms with Gasteiger partial charge in [-0.1, -0.05) is 0 Å². The smallest absolute Gasteiger partial charge is 0.410 e. The number of hydrogen-bond acceptors (Lipinski definition) is 4. The summed E-state index contributed by atoms with van der Waals surface area (Å²) in [5.41, 5.74) is 4.92. The van der Waals surface area contributed by atoms with Gasteiger partial charge < -0.3 is 20.5 Å². The van der Waals surface area contributed by atoms with Crippen molar-refractivity contribution in [3.8, 4) is 0 Å². The van der Waals surface area contributed by atoms with Crippen LogP contribution in [0.4, 0.5) is 4.79 Å². The fraction of sp³-hybridized carbons (Fsp3) is 0.833. The number of nitrogens with two attached hydrogens (primary N) is 1. The molecule has 1 unspecified atom stereocenters. The van der Waals surface area contributed by atoms with Crippen molar-refractivity contribution in [1.29, 1.82) is 5.41 Å². The number of amides is 1. The van der Waals surface area contributed by atoms with Crippen LogP contribution in [-0.4, -0.2) is 47.2 Å². The van der Waals surface area contributed by atoms with Crippen molar-refractivity contribution >= 4 is 11.9 Å². The van der Waals surface area contributed by atoms with E-state index >= 15 is 0 Å². The predicted molar refractivity (Wildman–Crippen MR) is 70.6 cm³/mol. The molecule has 0 bridgehead atoms. The monoisotopic (exact) mass is 259 g/mol. The first-order chi connectivity index (χ1) is 8.19. The molecular weight excluding hydrogens is 234 g/mol. The van der Waals surface area contributed by atoms with Gasteiger partial charge in [-0.2, -0.15) is 0 Å².